The maximum absolute atomic E-state index is 10.5. The molecule has 0 unspecified atom stereocenters. The zero-order valence-electron chi connectivity index (χ0n) is 7.76. The van der Waals surface area contributed by atoms with Crippen LogP contribution >= 0.6 is 0 Å². The van der Waals surface area contributed by atoms with E-state index in [4.69, 9.17) is 0 Å². The molecule has 0 aliphatic rings. The Bertz CT molecular complexity index is 134. The Morgan fingerprint density at radius 2 is 2.00 bits per heavy atom. The number of carbonyl (C=O) groups excluding carboxylic acids is 1. The zero-order chi connectivity index (χ0) is 8.69. The van der Waals surface area contributed by atoms with Crippen molar-refractivity contribution < 1.29 is 4.79 Å². The first kappa shape index (κ1) is 10.4. The number of hydrogen-bond acceptors (Lipinski definition) is 1. The Labute approximate surface area is 69.5 Å². The molecule has 0 amide bonds. The standard InChI is InChI=1S/C10H18O/c1-9(2)7-5-4-6-8-10(3)11/h4-5,9H,6-8H2,1-3H3. The predicted molar refractivity (Wildman–Crippen MR) is 48.5 cm³/mol. The maximum atomic E-state index is 10.5. The summed E-state index contributed by atoms with van der Waals surface area (Å²) in [5, 5.41) is 0. The average molecular weight is 154 g/mol. The summed E-state index contributed by atoms with van der Waals surface area (Å²) in [6.45, 7) is 6.01. The van der Waals surface area contributed by atoms with E-state index in [-0.39, 0.29) is 5.78 Å². The van der Waals surface area contributed by atoms with E-state index in [1.807, 2.05) is 0 Å². The molecule has 0 atom stereocenters. The average Bonchev–Trinajstić information content (AvgIpc) is 1.85. The summed E-state index contributed by atoms with van der Waals surface area (Å²) in [5.41, 5.74) is 0. The highest BCUT2D eigenvalue weighted by Crippen LogP contribution is 2.01. The highest BCUT2D eigenvalue weighted by atomic mass is 16.1. The van der Waals surface area contributed by atoms with E-state index in [1.54, 1.807) is 6.92 Å². The monoisotopic (exact) mass is 154 g/mol. The minimum absolute atomic E-state index is 0.277. The van der Waals surface area contributed by atoms with Gasteiger partial charge in [0, 0.05) is 6.42 Å². The molecule has 0 saturated carbocycles. The van der Waals surface area contributed by atoms with Gasteiger partial charge < -0.3 is 4.79 Å². The molecule has 0 heterocycles. The lowest BCUT2D eigenvalue weighted by atomic mass is 10.1. The van der Waals surface area contributed by atoms with Crippen LogP contribution in [0.4, 0.5) is 0 Å². The number of carbonyl (C=O) groups is 1. The first-order chi connectivity index (χ1) is 5.13. The number of allylic oxidation sites excluding steroid dienone is 2. The third kappa shape index (κ3) is 9.41. The molecule has 1 heteroatoms. The van der Waals surface area contributed by atoms with Gasteiger partial charge in [-0.1, -0.05) is 26.0 Å². The highest BCUT2D eigenvalue weighted by Gasteiger charge is 1.89. The lowest BCUT2D eigenvalue weighted by Crippen LogP contribution is -1.87. The first-order valence-corrected chi connectivity index (χ1v) is 4.27. The molecule has 0 bridgehead atoms. The van der Waals surface area contributed by atoms with Crippen molar-refractivity contribution in [1.29, 1.82) is 0 Å². The second-order valence-electron chi connectivity index (χ2n) is 3.34. The number of hydrogen-bond donors (Lipinski definition) is 0. The van der Waals surface area contributed by atoms with Crippen LogP contribution in [-0.4, -0.2) is 5.78 Å². The van der Waals surface area contributed by atoms with E-state index in [2.05, 4.69) is 26.0 Å². The van der Waals surface area contributed by atoms with E-state index in [1.165, 1.54) is 0 Å². The molecule has 0 aromatic heterocycles. The van der Waals surface area contributed by atoms with Gasteiger partial charge in [-0.2, -0.15) is 0 Å². The highest BCUT2D eigenvalue weighted by molar-refractivity contribution is 5.75. The minimum Gasteiger partial charge on any atom is -0.300 e. The molecule has 0 fully saturated rings. The third-order valence-electron chi connectivity index (χ3n) is 1.44. The van der Waals surface area contributed by atoms with Gasteiger partial charge in [0.2, 0.25) is 0 Å². The smallest absolute Gasteiger partial charge is 0.130 e. The van der Waals surface area contributed by atoms with E-state index in [0.29, 0.717) is 6.42 Å². The Morgan fingerprint density at radius 1 is 1.36 bits per heavy atom. The largest absolute Gasteiger partial charge is 0.300 e. The molecule has 0 radical (unpaired) electrons. The second kappa shape index (κ2) is 6.14. The van der Waals surface area contributed by atoms with Gasteiger partial charge in [0.1, 0.15) is 5.78 Å². The molecule has 0 aromatic rings. The molecule has 0 spiro atoms. The van der Waals surface area contributed by atoms with Crippen molar-refractivity contribution in [3.8, 4) is 0 Å². The van der Waals surface area contributed by atoms with Crippen LogP contribution in [0.5, 0.6) is 0 Å². The summed E-state index contributed by atoms with van der Waals surface area (Å²) in [7, 11) is 0. The lowest BCUT2D eigenvalue weighted by Gasteiger charge is -1.95. The van der Waals surface area contributed by atoms with Crippen LogP contribution in [0, 0.1) is 5.92 Å². The van der Waals surface area contributed by atoms with Crippen LogP contribution in [0.15, 0.2) is 12.2 Å². The summed E-state index contributed by atoms with van der Waals surface area (Å²) in [6, 6.07) is 0. The van der Waals surface area contributed by atoms with Gasteiger partial charge in [-0.25, -0.2) is 0 Å². The van der Waals surface area contributed by atoms with E-state index in [0.717, 1.165) is 18.8 Å². The molecular weight excluding hydrogens is 136 g/mol. The topological polar surface area (TPSA) is 17.1 Å². The van der Waals surface area contributed by atoms with Crippen molar-refractivity contribution >= 4 is 5.78 Å². The molecule has 1 nitrogen and oxygen atoms in total. The number of rotatable bonds is 5. The van der Waals surface area contributed by atoms with Crippen molar-refractivity contribution in [2.75, 3.05) is 0 Å². The van der Waals surface area contributed by atoms with E-state index < -0.39 is 0 Å². The number of ketones is 1. The maximum Gasteiger partial charge on any atom is 0.130 e. The molecular formula is C10H18O. The van der Waals surface area contributed by atoms with Crippen LogP contribution < -0.4 is 0 Å². The Balaban J connectivity index is 3.23. The summed E-state index contributed by atoms with van der Waals surface area (Å²) in [6.07, 6.45) is 6.98. The molecule has 0 aromatic carbocycles. The predicted octanol–water partition coefficient (Wildman–Crippen LogP) is 2.96. The van der Waals surface area contributed by atoms with Crippen LogP contribution in [0.25, 0.3) is 0 Å². The normalized spacial score (nSPS) is 11.3. The molecule has 0 aliphatic heterocycles. The minimum atomic E-state index is 0.277. The van der Waals surface area contributed by atoms with Gasteiger partial charge in [0.25, 0.3) is 0 Å². The van der Waals surface area contributed by atoms with E-state index in [9.17, 15) is 4.79 Å². The fraction of sp³-hybridized carbons (Fsp3) is 0.700. The van der Waals surface area contributed by atoms with Crippen molar-refractivity contribution in [2.24, 2.45) is 5.92 Å². The van der Waals surface area contributed by atoms with Crippen molar-refractivity contribution in [3.05, 3.63) is 12.2 Å². The number of Topliss-reactive ketones (excluding diaryl/α,β-unsaturated/α-hetero) is 1. The van der Waals surface area contributed by atoms with Crippen molar-refractivity contribution in [2.45, 2.75) is 40.0 Å². The van der Waals surface area contributed by atoms with Crippen LogP contribution in [0.2, 0.25) is 0 Å². The molecule has 0 saturated heterocycles. The lowest BCUT2D eigenvalue weighted by molar-refractivity contribution is -0.116. The van der Waals surface area contributed by atoms with Crippen LogP contribution in [0.1, 0.15) is 40.0 Å². The molecule has 0 N–H and O–H groups in total. The van der Waals surface area contributed by atoms with Gasteiger partial charge in [-0.05, 0) is 25.7 Å². The molecule has 11 heavy (non-hydrogen) atoms. The van der Waals surface area contributed by atoms with Crippen molar-refractivity contribution in [3.63, 3.8) is 0 Å². The first-order valence-electron chi connectivity index (χ1n) is 4.27. The zero-order valence-corrected chi connectivity index (χ0v) is 7.76. The molecule has 64 valence electrons. The van der Waals surface area contributed by atoms with Gasteiger partial charge >= 0.3 is 0 Å². The molecule has 0 aliphatic carbocycles. The Hall–Kier alpha value is -0.590. The third-order valence-corrected chi connectivity index (χ3v) is 1.44. The fourth-order valence-electron chi connectivity index (χ4n) is 0.773. The van der Waals surface area contributed by atoms with Gasteiger partial charge in [0.05, 0.1) is 0 Å². The SMILES string of the molecule is CC(=O)CCC=CCC(C)C. The summed E-state index contributed by atoms with van der Waals surface area (Å²) >= 11 is 0. The Kier molecular flexibility index (Phi) is 5.81. The van der Waals surface area contributed by atoms with Gasteiger partial charge in [-0.3, -0.25) is 0 Å². The quantitative estimate of drug-likeness (QED) is 0.556. The molecule has 0 rings (SSSR count). The second-order valence-corrected chi connectivity index (χ2v) is 3.34. The summed E-state index contributed by atoms with van der Waals surface area (Å²) in [4.78, 5) is 10.5. The summed E-state index contributed by atoms with van der Waals surface area (Å²) < 4.78 is 0. The van der Waals surface area contributed by atoms with E-state index >= 15 is 0 Å². The Morgan fingerprint density at radius 3 is 2.45 bits per heavy atom. The van der Waals surface area contributed by atoms with Gasteiger partial charge in [-0.15, -0.1) is 0 Å². The fourth-order valence-corrected chi connectivity index (χ4v) is 0.773. The van der Waals surface area contributed by atoms with Crippen LogP contribution in [-0.2, 0) is 4.79 Å². The van der Waals surface area contributed by atoms with Gasteiger partial charge in [0.15, 0.2) is 0 Å². The summed E-state index contributed by atoms with van der Waals surface area (Å²) in [5.74, 6) is 1.00. The van der Waals surface area contributed by atoms with Crippen molar-refractivity contribution in [1.82, 2.24) is 0 Å². The van der Waals surface area contributed by atoms with Crippen LogP contribution in [0.3, 0.4) is 0 Å².